The van der Waals surface area contributed by atoms with Gasteiger partial charge in [-0.05, 0) is 18.2 Å². The topological polar surface area (TPSA) is 99.9 Å². The second-order valence-electron chi connectivity index (χ2n) is 6.71. The average Bonchev–Trinajstić information content (AvgIpc) is 3.06. The molecule has 1 aliphatic rings. The van der Waals surface area contributed by atoms with Crippen LogP contribution in [0.2, 0.25) is 0 Å². The van der Waals surface area contributed by atoms with Gasteiger partial charge in [0.25, 0.3) is 17.2 Å². The van der Waals surface area contributed by atoms with E-state index in [0.29, 0.717) is 32.7 Å². The molecule has 1 atom stereocenters. The van der Waals surface area contributed by atoms with E-state index in [0.717, 1.165) is 17.8 Å². The first-order valence-corrected chi connectivity index (χ1v) is 9.97. The Bertz CT molecular complexity index is 928. The lowest BCUT2D eigenvalue weighted by molar-refractivity contribution is -0.274. The number of rotatable bonds is 6. The van der Waals surface area contributed by atoms with Crippen LogP contribution in [0.25, 0.3) is 0 Å². The van der Waals surface area contributed by atoms with Gasteiger partial charge in [-0.15, -0.1) is 13.2 Å². The third kappa shape index (κ3) is 5.93. The Kier molecular flexibility index (Phi) is 6.63. The lowest BCUT2D eigenvalue weighted by atomic mass is 10.1. The van der Waals surface area contributed by atoms with E-state index >= 15 is 0 Å². The van der Waals surface area contributed by atoms with Crippen molar-refractivity contribution in [1.29, 1.82) is 0 Å². The zero-order valence-corrected chi connectivity index (χ0v) is 16.7. The van der Waals surface area contributed by atoms with Gasteiger partial charge >= 0.3 is 6.36 Å². The first-order chi connectivity index (χ1) is 14.1. The summed E-state index contributed by atoms with van der Waals surface area (Å²) in [5.41, 5.74) is 0.544. The maximum absolute atomic E-state index is 12.7. The Hall–Kier alpha value is -2.64. The van der Waals surface area contributed by atoms with Gasteiger partial charge in [-0.2, -0.15) is 0 Å². The predicted octanol–water partition coefficient (Wildman–Crippen LogP) is 1.83. The standard InChI is InChI=1S/C17H20F3N5O4S/c1-23-9-13(21-11-23)10-24-4-6-25(7-5-24)16(26)12-2-3-14(22-30(27)28)15(8-12)29-17(18,19)20/h2-3,8-9,11,22H,4-7,10H2,1H3,(H,27,28). The van der Waals surface area contributed by atoms with Crippen LogP contribution >= 0.6 is 0 Å². The molecule has 1 aromatic heterocycles. The fourth-order valence-electron chi connectivity index (χ4n) is 3.11. The van der Waals surface area contributed by atoms with E-state index in [4.69, 9.17) is 4.55 Å². The highest BCUT2D eigenvalue weighted by molar-refractivity contribution is 7.80. The molecule has 1 amide bonds. The van der Waals surface area contributed by atoms with Gasteiger partial charge in [-0.1, -0.05) is 0 Å². The molecule has 3 rings (SSSR count). The summed E-state index contributed by atoms with van der Waals surface area (Å²) in [4.78, 5) is 20.7. The summed E-state index contributed by atoms with van der Waals surface area (Å²) in [7, 11) is 1.88. The molecule has 1 saturated heterocycles. The molecule has 0 saturated carbocycles. The minimum atomic E-state index is -5.02. The van der Waals surface area contributed by atoms with E-state index in [1.165, 1.54) is 6.07 Å². The van der Waals surface area contributed by atoms with Crippen LogP contribution in [0.3, 0.4) is 0 Å². The molecule has 2 aromatic rings. The molecule has 2 N–H and O–H groups in total. The molecule has 30 heavy (non-hydrogen) atoms. The number of carbonyl (C=O) groups is 1. The van der Waals surface area contributed by atoms with Crippen LogP contribution in [-0.4, -0.2) is 66.6 Å². The number of amides is 1. The van der Waals surface area contributed by atoms with Crippen LogP contribution in [0.4, 0.5) is 18.9 Å². The molecule has 1 aliphatic heterocycles. The molecular weight excluding hydrogens is 427 g/mol. The highest BCUT2D eigenvalue weighted by Gasteiger charge is 2.33. The molecule has 164 valence electrons. The van der Waals surface area contributed by atoms with Gasteiger partial charge in [0.2, 0.25) is 0 Å². The minimum absolute atomic E-state index is 0.0123. The van der Waals surface area contributed by atoms with Gasteiger partial charge in [0.1, 0.15) is 0 Å². The molecule has 1 aromatic carbocycles. The van der Waals surface area contributed by atoms with Crippen molar-refractivity contribution in [3.05, 3.63) is 42.0 Å². The first kappa shape index (κ1) is 22.1. The van der Waals surface area contributed by atoms with Gasteiger partial charge in [0.05, 0.1) is 17.7 Å². The van der Waals surface area contributed by atoms with Gasteiger partial charge in [0.15, 0.2) is 5.75 Å². The molecule has 0 radical (unpaired) electrons. The van der Waals surface area contributed by atoms with E-state index < -0.39 is 29.3 Å². The maximum atomic E-state index is 12.7. The number of aryl methyl sites for hydroxylation is 1. The number of halogens is 3. The number of imidazole rings is 1. The number of ether oxygens (including phenoxy) is 1. The molecule has 9 nitrogen and oxygen atoms in total. The van der Waals surface area contributed by atoms with Crippen molar-refractivity contribution >= 4 is 22.9 Å². The first-order valence-electron chi connectivity index (χ1n) is 8.86. The fraction of sp³-hybridized carbons (Fsp3) is 0.412. The van der Waals surface area contributed by atoms with Crippen molar-refractivity contribution in [1.82, 2.24) is 19.4 Å². The molecular formula is C17H20F3N5O4S. The highest BCUT2D eigenvalue weighted by Crippen LogP contribution is 2.32. The van der Waals surface area contributed by atoms with Crippen molar-refractivity contribution in [2.75, 3.05) is 30.9 Å². The zero-order chi connectivity index (χ0) is 21.9. The Morgan fingerprint density at radius 3 is 2.57 bits per heavy atom. The summed E-state index contributed by atoms with van der Waals surface area (Å²) in [6, 6.07) is 3.28. The number of hydrogen-bond acceptors (Lipinski definition) is 5. The van der Waals surface area contributed by atoms with E-state index in [2.05, 4.69) is 14.6 Å². The third-order valence-corrected chi connectivity index (χ3v) is 4.85. The Morgan fingerprint density at radius 1 is 1.30 bits per heavy atom. The van der Waals surface area contributed by atoms with Crippen LogP contribution in [0.15, 0.2) is 30.7 Å². The monoisotopic (exact) mass is 447 g/mol. The average molecular weight is 447 g/mol. The van der Waals surface area contributed by atoms with E-state index in [-0.39, 0.29) is 11.3 Å². The third-order valence-electron chi connectivity index (χ3n) is 4.45. The largest absolute Gasteiger partial charge is 0.573 e. The number of aromatic nitrogens is 2. The minimum Gasteiger partial charge on any atom is -0.404 e. The van der Waals surface area contributed by atoms with Crippen LogP contribution in [-0.2, 0) is 24.9 Å². The predicted molar refractivity (Wildman–Crippen MR) is 102 cm³/mol. The van der Waals surface area contributed by atoms with Crippen LogP contribution in [0.1, 0.15) is 16.1 Å². The summed E-state index contributed by atoms with van der Waals surface area (Å²) in [6.07, 6.45) is -1.40. The molecule has 1 fully saturated rings. The Morgan fingerprint density at radius 2 is 2.00 bits per heavy atom. The number of benzene rings is 1. The van der Waals surface area contributed by atoms with Gasteiger partial charge in [-0.3, -0.25) is 19.0 Å². The highest BCUT2D eigenvalue weighted by atomic mass is 32.2. The van der Waals surface area contributed by atoms with Crippen LogP contribution in [0.5, 0.6) is 5.75 Å². The summed E-state index contributed by atoms with van der Waals surface area (Å²) in [5.74, 6) is -1.21. The van der Waals surface area contributed by atoms with Crippen LogP contribution < -0.4 is 9.46 Å². The van der Waals surface area contributed by atoms with Crippen LogP contribution in [0, 0.1) is 0 Å². The van der Waals surface area contributed by atoms with Gasteiger partial charge < -0.3 is 14.2 Å². The number of nitrogens with one attached hydrogen (secondary N) is 1. The smallest absolute Gasteiger partial charge is 0.404 e. The molecule has 0 bridgehead atoms. The van der Waals surface area contributed by atoms with Crippen molar-refractivity contribution in [3.8, 4) is 5.75 Å². The lowest BCUT2D eigenvalue weighted by Crippen LogP contribution is -2.48. The second kappa shape index (κ2) is 9.02. The van der Waals surface area contributed by atoms with E-state index in [1.54, 1.807) is 11.2 Å². The number of alkyl halides is 3. The number of anilines is 1. The van der Waals surface area contributed by atoms with E-state index in [9.17, 15) is 22.2 Å². The second-order valence-corrected chi connectivity index (χ2v) is 7.41. The van der Waals surface area contributed by atoms with Gasteiger partial charge in [0, 0.05) is 51.5 Å². The van der Waals surface area contributed by atoms with Crippen molar-refractivity contribution in [2.45, 2.75) is 12.9 Å². The number of carbonyl (C=O) groups excluding carboxylic acids is 1. The molecule has 1 unspecified atom stereocenters. The van der Waals surface area contributed by atoms with E-state index in [1.807, 2.05) is 22.5 Å². The summed E-state index contributed by atoms with van der Waals surface area (Å²) >= 11 is -2.60. The lowest BCUT2D eigenvalue weighted by Gasteiger charge is -2.34. The summed E-state index contributed by atoms with van der Waals surface area (Å²) in [6.45, 7) is 2.64. The molecule has 0 spiro atoms. The SMILES string of the molecule is Cn1cnc(CN2CCN(C(=O)c3ccc(NS(=O)O)c(OC(F)(F)F)c3)CC2)c1. The number of piperazine rings is 1. The van der Waals surface area contributed by atoms with Crippen molar-refractivity contribution in [2.24, 2.45) is 7.05 Å². The summed E-state index contributed by atoms with van der Waals surface area (Å²) in [5, 5.41) is 0. The Labute approximate surface area is 172 Å². The number of hydrogen-bond donors (Lipinski definition) is 2. The quantitative estimate of drug-likeness (QED) is 0.656. The van der Waals surface area contributed by atoms with Crippen molar-refractivity contribution < 1.29 is 31.5 Å². The van der Waals surface area contributed by atoms with Gasteiger partial charge in [-0.25, -0.2) is 9.19 Å². The Balaban J connectivity index is 1.67. The molecule has 13 heteroatoms. The zero-order valence-electron chi connectivity index (χ0n) is 15.9. The molecule has 2 heterocycles. The fourth-order valence-corrected chi connectivity index (χ4v) is 3.47. The normalized spacial score (nSPS) is 16.4. The maximum Gasteiger partial charge on any atom is 0.573 e. The summed E-state index contributed by atoms with van der Waals surface area (Å²) < 4.78 is 65.5. The molecule has 0 aliphatic carbocycles. The van der Waals surface area contributed by atoms with Crippen molar-refractivity contribution in [3.63, 3.8) is 0 Å². The number of nitrogens with zero attached hydrogens (tertiary/aromatic N) is 4.